The van der Waals surface area contributed by atoms with E-state index in [1.807, 2.05) is 0 Å². The van der Waals surface area contributed by atoms with Crippen LogP contribution in [0.25, 0.3) is 5.76 Å². The number of anilines is 1. The molecule has 1 amide bonds. The lowest BCUT2D eigenvalue weighted by atomic mass is 9.95. The van der Waals surface area contributed by atoms with Crippen LogP contribution in [0.15, 0.2) is 72.3 Å². The van der Waals surface area contributed by atoms with Crippen molar-refractivity contribution in [2.45, 2.75) is 6.04 Å². The number of carbonyl (C=O) groups is 3. The van der Waals surface area contributed by atoms with Gasteiger partial charge in [0.05, 0.1) is 22.7 Å². The molecule has 2 N–H and O–H groups in total. The zero-order valence-electron chi connectivity index (χ0n) is 16.6. The monoisotopic (exact) mass is 485 g/mol. The maximum Gasteiger partial charge on any atom is 0.335 e. The maximum absolute atomic E-state index is 14.4. The Morgan fingerprint density at radius 3 is 2.33 bits per heavy atom. The van der Waals surface area contributed by atoms with Crippen molar-refractivity contribution < 1.29 is 29.0 Å². The molecule has 0 radical (unpaired) electrons. The predicted molar refractivity (Wildman–Crippen MR) is 121 cm³/mol. The van der Waals surface area contributed by atoms with Crippen LogP contribution < -0.4 is 4.90 Å². The van der Waals surface area contributed by atoms with E-state index in [1.165, 1.54) is 60.7 Å². The normalized spacial score (nSPS) is 17.4. The number of amides is 1. The molecule has 4 rings (SSSR count). The number of aromatic carboxylic acids is 1. The number of rotatable bonds is 4. The number of carbonyl (C=O) groups excluding carboxylic acids is 2. The van der Waals surface area contributed by atoms with Crippen LogP contribution in [0, 0.1) is 5.82 Å². The highest BCUT2D eigenvalue weighted by Gasteiger charge is 2.48. The van der Waals surface area contributed by atoms with Gasteiger partial charge in [-0.2, -0.15) is 0 Å². The number of carboxylic acids is 1. The third-order valence-corrected chi connectivity index (χ3v) is 5.76. The van der Waals surface area contributed by atoms with Crippen LogP contribution in [-0.2, 0) is 9.59 Å². The average molecular weight is 486 g/mol. The van der Waals surface area contributed by atoms with Gasteiger partial charge in [0, 0.05) is 15.7 Å². The lowest BCUT2D eigenvalue weighted by Gasteiger charge is -2.26. The number of halogens is 3. The molecule has 9 heteroatoms. The van der Waals surface area contributed by atoms with Gasteiger partial charge in [-0.3, -0.25) is 14.5 Å². The summed E-state index contributed by atoms with van der Waals surface area (Å²) in [7, 11) is 0. The van der Waals surface area contributed by atoms with Crippen LogP contribution in [0.4, 0.5) is 10.1 Å². The number of hydrogen-bond donors (Lipinski definition) is 2. The molecule has 0 aromatic heterocycles. The Morgan fingerprint density at radius 1 is 0.939 bits per heavy atom. The Labute approximate surface area is 197 Å². The first-order valence-corrected chi connectivity index (χ1v) is 10.3. The summed E-state index contributed by atoms with van der Waals surface area (Å²) in [4.78, 5) is 38.7. The average Bonchev–Trinajstić information content (AvgIpc) is 3.04. The van der Waals surface area contributed by atoms with E-state index in [1.54, 1.807) is 0 Å². The summed E-state index contributed by atoms with van der Waals surface area (Å²) in [5.74, 6) is -4.87. The third-order valence-electron chi connectivity index (χ3n) is 5.20. The fraction of sp³-hybridized carbons (Fsp3) is 0.0417. The zero-order valence-corrected chi connectivity index (χ0v) is 18.1. The topological polar surface area (TPSA) is 94.9 Å². The second-order valence-corrected chi connectivity index (χ2v) is 8.01. The van der Waals surface area contributed by atoms with Crippen LogP contribution in [-0.4, -0.2) is 27.9 Å². The molecule has 3 aromatic carbocycles. The molecule has 0 spiro atoms. The van der Waals surface area contributed by atoms with Crippen LogP contribution in [0.5, 0.6) is 0 Å². The van der Waals surface area contributed by atoms with E-state index in [0.29, 0.717) is 5.02 Å². The number of benzene rings is 3. The van der Waals surface area contributed by atoms with Gasteiger partial charge in [-0.1, -0.05) is 47.5 Å². The van der Waals surface area contributed by atoms with E-state index in [9.17, 15) is 29.0 Å². The highest BCUT2D eigenvalue weighted by molar-refractivity contribution is 6.52. The van der Waals surface area contributed by atoms with E-state index < -0.39 is 40.9 Å². The molecule has 0 aliphatic carbocycles. The highest BCUT2D eigenvalue weighted by Crippen LogP contribution is 2.45. The number of aliphatic hydroxyl groups is 1. The molecular weight excluding hydrogens is 472 g/mol. The van der Waals surface area contributed by atoms with Crippen LogP contribution in [0.2, 0.25) is 10.0 Å². The zero-order chi connectivity index (χ0) is 23.9. The Hall–Kier alpha value is -3.68. The van der Waals surface area contributed by atoms with Gasteiger partial charge in [-0.25, -0.2) is 9.18 Å². The summed E-state index contributed by atoms with van der Waals surface area (Å²) in [5.41, 5.74) is -0.469. The smallest absolute Gasteiger partial charge is 0.335 e. The van der Waals surface area contributed by atoms with Gasteiger partial charge in [-0.15, -0.1) is 0 Å². The fourth-order valence-corrected chi connectivity index (χ4v) is 4.22. The van der Waals surface area contributed by atoms with Crippen molar-refractivity contribution in [2.75, 3.05) is 4.90 Å². The molecule has 0 bridgehead atoms. The van der Waals surface area contributed by atoms with Gasteiger partial charge >= 0.3 is 5.97 Å². The van der Waals surface area contributed by atoms with Crippen LogP contribution in [0.1, 0.15) is 27.5 Å². The summed E-state index contributed by atoms with van der Waals surface area (Å²) in [6.07, 6.45) is 0. The SMILES string of the molecule is O=C1C(=O)N(c2cccc(C(=O)O)c2)C(c2ccc(Cl)cc2Cl)/C1=C(\O)c1ccccc1F. The number of nitrogens with zero attached hydrogens (tertiary/aromatic N) is 1. The minimum Gasteiger partial charge on any atom is -0.507 e. The minimum atomic E-state index is -1.27. The molecule has 0 saturated carbocycles. The summed E-state index contributed by atoms with van der Waals surface area (Å²) in [6, 6.07) is 13.7. The first-order chi connectivity index (χ1) is 15.7. The molecule has 1 heterocycles. The summed E-state index contributed by atoms with van der Waals surface area (Å²) in [6.45, 7) is 0. The summed E-state index contributed by atoms with van der Waals surface area (Å²) in [5, 5.41) is 20.7. The van der Waals surface area contributed by atoms with Crippen molar-refractivity contribution >= 4 is 52.3 Å². The summed E-state index contributed by atoms with van der Waals surface area (Å²) < 4.78 is 14.4. The molecule has 1 aliphatic rings. The molecule has 1 saturated heterocycles. The molecule has 3 aromatic rings. The molecule has 33 heavy (non-hydrogen) atoms. The van der Waals surface area contributed by atoms with Crippen LogP contribution >= 0.6 is 23.2 Å². The van der Waals surface area contributed by atoms with Crippen molar-refractivity contribution in [1.82, 2.24) is 0 Å². The highest BCUT2D eigenvalue weighted by atomic mass is 35.5. The largest absolute Gasteiger partial charge is 0.507 e. The standard InChI is InChI=1S/C24H14Cl2FNO5/c25-13-8-9-15(17(26)11-13)20-19(21(29)16-6-1-2-7-18(16)27)22(30)23(31)28(20)14-5-3-4-12(10-14)24(32)33/h1-11,20,29H,(H,32,33)/b21-19+. The van der Waals surface area contributed by atoms with Crippen LogP contribution in [0.3, 0.4) is 0 Å². The van der Waals surface area contributed by atoms with Gasteiger partial charge in [0.2, 0.25) is 0 Å². The van der Waals surface area contributed by atoms with E-state index in [4.69, 9.17) is 23.2 Å². The summed E-state index contributed by atoms with van der Waals surface area (Å²) >= 11 is 12.4. The molecule has 6 nitrogen and oxygen atoms in total. The molecule has 1 unspecified atom stereocenters. The van der Waals surface area contributed by atoms with Crippen molar-refractivity contribution in [2.24, 2.45) is 0 Å². The van der Waals surface area contributed by atoms with E-state index in [-0.39, 0.29) is 27.4 Å². The minimum absolute atomic E-state index is 0.0839. The Kier molecular flexibility index (Phi) is 5.93. The van der Waals surface area contributed by atoms with Crippen molar-refractivity contribution in [3.8, 4) is 0 Å². The lowest BCUT2D eigenvalue weighted by Crippen LogP contribution is -2.29. The van der Waals surface area contributed by atoms with Gasteiger partial charge in [0.15, 0.2) is 0 Å². The fourth-order valence-electron chi connectivity index (χ4n) is 3.70. The van der Waals surface area contributed by atoms with Gasteiger partial charge < -0.3 is 10.2 Å². The number of hydrogen-bond acceptors (Lipinski definition) is 4. The molecular formula is C24H14Cl2FNO5. The molecule has 1 aliphatic heterocycles. The first kappa shape index (κ1) is 22.5. The van der Waals surface area contributed by atoms with E-state index in [2.05, 4.69) is 0 Å². The lowest BCUT2D eigenvalue weighted by molar-refractivity contribution is -0.132. The number of ketones is 1. The van der Waals surface area contributed by atoms with Crippen molar-refractivity contribution in [1.29, 1.82) is 0 Å². The quantitative estimate of drug-likeness (QED) is 0.290. The Balaban J connectivity index is 2.01. The number of Topliss-reactive ketones (excluding diaryl/α,β-unsaturated/α-hetero) is 1. The van der Waals surface area contributed by atoms with Crippen molar-refractivity contribution in [3.63, 3.8) is 0 Å². The van der Waals surface area contributed by atoms with Gasteiger partial charge in [0.25, 0.3) is 11.7 Å². The van der Waals surface area contributed by atoms with E-state index in [0.717, 1.165) is 11.0 Å². The second kappa shape index (κ2) is 8.69. The number of carboxylic acid groups (broad SMARTS) is 1. The predicted octanol–water partition coefficient (Wildman–Crippen LogP) is 5.46. The van der Waals surface area contributed by atoms with Crippen molar-refractivity contribution in [3.05, 3.63) is 105 Å². The first-order valence-electron chi connectivity index (χ1n) is 9.55. The Morgan fingerprint density at radius 2 is 1.67 bits per heavy atom. The maximum atomic E-state index is 14.4. The Bertz CT molecular complexity index is 1350. The van der Waals surface area contributed by atoms with E-state index >= 15 is 0 Å². The molecule has 1 atom stereocenters. The molecule has 1 fully saturated rings. The molecule has 166 valence electrons. The van der Waals surface area contributed by atoms with Gasteiger partial charge in [0.1, 0.15) is 11.6 Å². The number of aliphatic hydroxyl groups excluding tert-OH is 1. The third kappa shape index (κ3) is 3.97. The van der Waals surface area contributed by atoms with Gasteiger partial charge in [-0.05, 0) is 48.0 Å². The second-order valence-electron chi connectivity index (χ2n) is 7.17.